The van der Waals surface area contributed by atoms with Gasteiger partial charge in [0, 0.05) is 64.7 Å². The van der Waals surface area contributed by atoms with Gasteiger partial charge in [0.25, 0.3) is 5.56 Å². The Hall–Kier alpha value is -2.00. The second-order valence-electron chi connectivity index (χ2n) is 7.80. The Labute approximate surface area is 171 Å². The van der Waals surface area contributed by atoms with Crippen molar-refractivity contribution in [1.82, 2.24) is 19.4 Å². The fraction of sp³-hybridized carbons (Fsp3) is 0.619. The van der Waals surface area contributed by atoms with Gasteiger partial charge in [-0.15, -0.1) is 0 Å². The molecule has 0 unspecified atom stereocenters. The lowest BCUT2D eigenvalue weighted by molar-refractivity contribution is 0.137. The van der Waals surface area contributed by atoms with Crippen molar-refractivity contribution in [2.75, 3.05) is 77.1 Å². The molecule has 0 atom stereocenters. The minimum Gasteiger partial charge on any atom is -0.395 e. The highest BCUT2D eigenvalue weighted by molar-refractivity contribution is 5.81. The van der Waals surface area contributed by atoms with Gasteiger partial charge in [-0.25, -0.2) is 4.98 Å². The summed E-state index contributed by atoms with van der Waals surface area (Å²) in [6, 6.07) is 5.89. The van der Waals surface area contributed by atoms with Crippen molar-refractivity contribution in [3.8, 4) is 0 Å². The number of hydrogen-bond donors (Lipinski definition) is 1. The maximum absolute atomic E-state index is 12.5. The summed E-state index contributed by atoms with van der Waals surface area (Å²) in [6.45, 7) is 10.4. The number of nitrogens with zero attached hydrogens (tertiary/aromatic N) is 5. The molecule has 4 rings (SSSR count). The van der Waals surface area contributed by atoms with Crippen LogP contribution < -0.4 is 10.5 Å². The predicted octanol–water partition coefficient (Wildman–Crippen LogP) is 0.233. The molecule has 2 aliphatic rings. The van der Waals surface area contributed by atoms with Gasteiger partial charge in [0.05, 0.1) is 37.0 Å². The number of piperazine rings is 1. The van der Waals surface area contributed by atoms with Crippen LogP contribution in [0.3, 0.4) is 0 Å². The van der Waals surface area contributed by atoms with Gasteiger partial charge in [-0.3, -0.25) is 19.2 Å². The molecule has 2 fully saturated rings. The highest BCUT2D eigenvalue weighted by atomic mass is 16.5. The first-order valence-electron chi connectivity index (χ1n) is 10.6. The Balaban J connectivity index is 1.33. The van der Waals surface area contributed by atoms with Crippen LogP contribution in [0.5, 0.6) is 0 Å². The lowest BCUT2D eigenvalue weighted by Crippen LogP contribution is -2.48. The monoisotopic (exact) mass is 401 g/mol. The summed E-state index contributed by atoms with van der Waals surface area (Å²) in [6.07, 6.45) is 2.66. The van der Waals surface area contributed by atoms with E-state index in [0.29, 0.717) is 10.9 Å². The van der Waals surface area contributed by atoms with Gasteiger partial charge in [-0.05, 0) is 24.6 Å². The van der Waals surface area contributed by atoms with Crippen LogP contribution in [0, 0.1) is 0 Å². The van der Waals surface area contributed by atoms with Gasteiger partial charge in [0.1, 0.15) is 0 Å². The maximum Gasteiger partial charge on any atom is 0.261 e. The van der Waals surface area contributed by atoms with Crippen molar-refractivity contribution in [3.63, 3.8) is 0 Å². The quantitative estimate of drug-likeness (QED) is 0.743. The maximum atomic E-state index is 12.5. The first kappa shape index (κ1) is 20.3. The normalized spacial score (nSPS) is 19.6. The summed E-state index contributed by atoms with van der Waals surface area (Å²) in [7, 11) is 0. The van der Waals surface area contributed by atoms with Gasteiger partial charge >= 0.3 is 0 Å². The van der Waals surface area contributed by atoms with Crippen molar-refractivity contribution in [1.29, 1.82) is 0 Å². The zero-order valence-corrected chi connectivity index (χ0v) is 17.0. The topological polar surface area (TPSA) is 74.1 Å². The van der Waals surface area contributed by atoms with Crippen LogP contribution in [-0.4, -0.2) is 96.6 Å². The van der Waals surface area contributed by atoms with E-state index in [1.54, 1.807) is 0 Å². The molecule has 8 nitrogen and oxygen atoms in total. The van der Waals surface area contributed by atoms with Crippen LogP contribution >= 0.6 is 0 Å². The van der Waals surface area contributed by atoms with Crippen molar-refractivity contribution in [2.45, 2.75) is 13.0 Å². The number of fused-ring (bicyclic) bond motifs is 1. The Morgan fingerprint density at radius 3 is 2.55 bits per heavy atom. The van der Waals surface area contributed by atoms with E-state index in [-0.39, 0.29) is 18.7 Å². The fourth-order valence-corrected chi connectivity index (χ4v) is 4.14. The van der Waals surface area contributed by atoms with Gasteiger partial charge in [-0.2, -0.15) is 0 Å². The molecule has 2 aromatic rings. The summed E-state index contributed by atoms with van der Waals surface area (Å²) in [4.78, 5) is 24.3. The molecule has 29 heavy (non-hydrogen) atoms. The number of ether oxygens (including phenoxy) is 1. The number of hydrogen-bond acceptors (Lipinski definition) is 7. The van der Waals surface area contributed by atoms with E-state index in [1.807, 2.05) is 18.2 Å². The molecular weight excluding hydrogens is 370 g/mol. The average molecular weight is 402 g/mol. The summed E-state index contributed by atoms with van der Waals surface area (Å²) < 4.78 is 6.99. The molecule has 0 amide bonds. The molecule has 8 heteroatoms. The molecular formula is C21H31N5O3. The third-order valence-electron chi connectivity index (χ3n) is 5.93. The van der Waals surface area contributed by atoms with E-state index in [2.05, 4.69) is 19.7 Å². The molecule has 0 saturated carbocycles. The first-order valence-corrected chi connectivity index (χ1v) is 10.6. The lowest BCUT2D eigenvalue weighted by Gasteiger charge is -2.37. The molecule has 0 radical (unpaired) electrons. The smallest absolute Gasteiger partial charge is 0.261 e. The SMILES string of the molecule is O=c1c2ccc(N3CCN(CCN4CCCOCC4)CC3)cc2ncn1CCO. The van der Waals surface area contributed by atoms with Crippen LogP contribution in [0.4, 0.5) is 5.69 Å². The minimum absolute atomic E-state index is 0.0685. The van der Waals surface area contributed by atoms with E-state index < -0.39 is 0 Å². The summed E-state index contributed by atoms with van der Waals surface area (Å²) in [5.74, 6) is 0. The van der Waals surface area contributed by atoms with Crippen LogP contribution in [0.2, 0.25) is 0 Å². The Morgan fingerprint density at radius 1 is 0.966 bits per heavy atom. The Bertz CT molecular complexity index is 855. The molecule has 0 bridgehead atoms. The predicted molar refractivity (Wildman–Crippen MR) is 114 cm³/mol. The van der Waals surface area contributed by atoms with Crippen molar-refractivity contribution < 1.29 is 9.84 Å². The third kappa shape index (κ3) is 4.95. The molecule has 3 heterocycles. The van der Waals surface area contributed by atoms with Crippen molar-refractivity contribution in [2.24, 2.45) is 0 Å². The third-order valence-corrected chi connectivity index (χ3v) is 5.93. The second-order valence-corrected chi connectivity index (χ2v) is 7.80. The van der Waals surface area contributed by atoms with Gasteiger partial charge in [0.2, 0.25) is 0 Å². The first-order chi connectivity index (χ1) is 14.2. The van der Waals surface area contributed by atoms with Crippen LogP contribution in [0.15, 0.2) is 29.3 Å². The second kappa shape index (κ2) is 9.67. The molecule has 1 aromatic heterocycles. The summed E-state index contributed by atoms with van der Waals surface area (Å²) >= 11 is 0. The molecule has 1 aromatic carbocycles. The van der Waals surface area contributed by atoms with E-state index in [9.17, 15) is 4.79 Å². The standard InChI is InChI=1S/C21H31N5O3/c27-13-11-26-17-22-20-16-18(2-3-19(20)21(26)28)25-9-7-24(8-10-25)6-5-23-4-1-14-29-15-12-23/h2-3,16-17,27H,1,4-15H2. The number of benzene rings is 1. The Morgan fingerprint density at radius 2 is 1.76 bits per heavy atom. The number of aliphatic hydroxyl groups is 1. The number of rotatable bonds is 6. The van der Waals surface area contributed by atoms with Crippen LogP contribution in [-0.2, 0) is 11.3 Å². The molecule has 0 spiro atoms. The van der Waals surface area contributed by atoms with E-state index in [4.69, 9.17) is 9.84 Å². The highest BCUT2D eigenvalue weighted by Crippen LogP contribution is 2.20. The van der Waals surface area contributed by atoms with Gasteiger partial charge in [-0.1, -0.05) is 0 Å². The van der Waals surface area contributed by atoms with E-state index in [1.165, 1.54) is 10.9 Å². The highest BCUT2D eigenvalue weighted by Gasteiger charge is 2.19. The van der Waals surface area contributed by atoms with Crippen molar-refractivity contribution in [3.05, 3.63) is 34.9 Å². The van der Waals surface area contributed by atoms with Crippen LogP contribution in [0.1, 0.15) is 6.42 Å². The number of aromatic nitrogens is 2. The van der Waals surface area contributed by atoms with Crippen molar-refractivity contribution >= 4 is 16.6 Å². The number of aliphatic hydroxyl groups excluding tert-OH is 1. The summed E-state index contributed by atoms with van der Waals surface area (Å²) in [5, 5.41) is 9.67. The van der Waals surface area contributed by atoms with E-state index in [0.717, 1.165) is 77.7 Å². The molecule has 158 valence electrons. The van der Waals surface area contributed by atoms with Gasteiger partial charge < -0.3 is 14.7 Å². The molecule has 2 aliphatic heterocycles. The zero-order valence-electron chi connectivity index (χ0n) is 17.0. The van der Waals surface area contributed by atoms with Gasteiger partial charge in [0.15, 0.2) is 0 Å². The lowest BCUT2D eigenvalue weighted by atomic mass is 10.2. The molecule has 2 saturated heterocycles. The largest absolute Gasteiger partial charge is 0.395 e. The molecule has 0 aliphatic carbocycles. The zero-order chi connectivity index (χ0) is 20.1. The average Bonchev–Trinajstić information content (AvgIpc) is 3.03. The van der Waals surface area contributed by atoms with Crippen LogP contribution in [0.25, 0.3) is 10.9 Å². The van der Waals surface area contributed by atoms with E-state index >= 15 is 0 Å². The minimum atomic E-state index is -0.0978. The number of anilines is 1. The Kier molecular flexibility index (Phi) is 6.76. The molecule has 1 N–H and O–H groups in total. The fourth-order valence-electron chi connectivity index (χ4n) is 4.14. The summed E-state index contributed by atoms with van der Waals surface area (Å²) in [5.41, 5.74) is 1.74.